The Labute approximate surface area is 470 Å². The Bertz CT molecular complexity index is 2930. The van der Waals surface area contributed by atoms with Crippen molar-refractivity contribution in [2.45, 2.75) is 136 Å². The number of hydrogen-bond acceptors (Lipinski definition) is 16. The molecule has 448 valence electrons. The average molecular weight is 1200 g/mol. The van der Waals surface area contributed by atoms with E-state index in [2.05, 4.69) is 36.9 Å². The largest absolute Gasteiger partial charge is 0.481 e. The fraction of sp³-hybridized carbons (Fsp3) is 0.538. The van der Waals surface area contributed by atoms with Crippen LogP contribution in [0.4, 0.5) is 31.1 Å². The number of carbonyl (C=O) groups excluding carboxylic acids is 5. The number of urea groups is 1. The van der Waals surface area contributed by atoms with Gasteiger partial charge in [-0.05, 0) is 80.9 Å². The summed E-state index contributed by atoms with van der Waals surface area (Å²) in [6.45, 7) is -0.430. The topological polar surface area (TPSA) is 316 Å². The Morgan fingerprint density at radius 3 is 2.35 bits per heavy atom. The SMILES string of the molecule is Cc1ccc(S(=O)(=O)OCC(=O)N[C@H]2[C@H](OCC/C=C\C[C@@H]3C(=O)CC[C@@H]3CC(=O)O)O[C@H](Cn3cc(-c4cc(C(F)(F)F)c(/C=C/C(=O)NCCNC(=O)CCCC[C@@H]5SCC6NC(=O)NC65)c(C(F)(F)F)c4)nn3)[C@@H](O)[C@@H]2O)cc1. The molecule has 0 spiro atoms. The third kappa shape index (κ3) is 17.1. The van der Waals surface area contributed by atoms with Gasteiger partial charge in [-0.15, -0.1) is 5.10 Å². The zero-order valence-electron chi connectivity index (χ0n) is 44.0. The number of aliphatic carboxylic acids is 1. The molecule has 1 saturated carbocycles. The van der Waals surface area contributed by atoms with Crippen molar-refractivity contribution in [2.24, 2.45) is 11.8 Å². The molecule has 10 atom stereocenters. The average Bonchev–Trinajstić information content (AvgIpc) is 3.35. The highest BCUT2D eigenvalue weighted by atomic mass is 32.2. The third-order valence-corrected chi connectivity index (χ3v) is 17.0. The Morgan fingerprint density at radius 1 is 0.951 bits per heavy atom. The van der Waals surface area contributed by atoms with Crippen molar-refractivity contribution in [3.63, 3.8) is 0 Å². The highest BCUT2D eigenvalue weighted by Gasteiger charge is 2.47. The molecule has 2 aromatic carbocycles. The lowest BCUT2D eigenvalue weighted by atomic mass is 9.89. The van der Waals surface area contributed by atoms with Gasteiger partial charge in [0.05, 0.1) is 47.5 Å². The summed E-state index contributed by atoms with van der Waals surface area (Å²) in [6.07, 6.45) is -9.60. The molecule has 3 aliphatic heterocycles. The number of carboxylic acids is 1. The van der Waals surface area contributed by atoms with E-state index in [1.165, 1.54) is 24.3 Å². The smallest absolute Gasteiger partial charge is 0.417 e. The van der Waals surface area contributed by atoms with Crippen molar-refractivity contribution in [1.82, 2.24) is 41.6 Å². The number of nitrogens with zero attached hydrogens (tertiary/aromatic N) is 3. The van der Waals surface area contributed by atoms with Crippen LogP contribution in [-0.4, -0.2) is 154 Å². The van der Waals surface area contributed by atoms with Crippen molar-refractivity contribution >= 4 is 63.5 Å². The van der Waals surface area contributed by atoms with E-state index >= 15 is 0 Å². The number of allylic oxidation sites excluding steroid dienone is 1. The number of Topliss-reactive ketones (excluding diaryl/α,β-unsaturated/α-hetero) is 1. The Kier molecular flexibility index (Phi) is 21.4. The number of amides is 5. The van der Waals surface area contributed by atoms with Crippen molar-refractivity contribution in [1.29, 1.82) is 0 Å². The first-order valence-electron chi connectivity index (χ1n) is 26.2. The van der Waals surface area contributed by atoms with Gasteiger partial charge < -0.3 is 51.4 Å². The summed E-state index contributed by atoms with van der Waals surface area (Å²) < 4.78 is 131. The lowest BCUT2D eigenvalue weighted by Crippen LogP contribution is -2.65. The predicted molar refractivity (Wildman–Crippen MR) is 279 cm³/mol. The number of aromatic nitrogens is 3. The number of unbranched alkanes of at least 4 members (excludes halogenated alkanes) is 1. The first kappa shape index (κ1) is 63.1. The molecule has 2 unspecified atom stereocenters. The van der Waals surface area contributed by atoms with Crippen LogP contribution in [0.1, 0.15) is 80.0 Å². The fourth-order valence-electron chi connectivity index (χ4n) is 10.0. The summed E-state index contributed by atoms with van der Waals surface area (Å²) in [4.78, 5) is 73.2. The number of aliphatic hydroxyl groups excluding tert-OH is 2. The Morgan fingerprint density at radius 2 is 1.66 bits per heavy atom. The highest BCUT2D eigenvalue weighted by molar-refractivity contribution is 8.00. The van der Waals surface area contributed by atoms with Crippen LogP contribution < -0.4 is 26.6 Å². The first-order chi connectivity index (χ1) is 38.8. The van der Waals surface area contributed by atoms with Crippen molar-refractivity contribution in [2.75, 3.05) is 32.1 Å². The standard InChI is InChI=1S/C52H62F6N8O14S2/c1-28-10-13-31(14-11-28)82(76,77)79-26-43(70)62-46-48(74)47(73)39(80-49(46)78-20-6-2-3-7-32-29(23-44(71)72)12-16-38(32)67)25-66-24-36(64-65-66)30-21-34(51(53,54)55)33(35(22-30)52(56,57)58)15-17-42(69)60-19-18-59-41(68)9-5-4-8-40-45-37(27-81-40)61-50(75)63-45/h2-3,10-11,13-15,17,21-22,24,29,32,37,39-40,45-49,73-74H,4-9,12,16,18-20,23,25-27H2,1H3,(H,59,68)(H,60,69)(H,62,70)(H,71,72)(H2,61,63,75)/b3-2-,17-15+/t29-,32+,37?,39-,40+,45?,46-,47-,48-,49-/m1/s1. The van der Waals surface area contributed by atoms with Gasteiger partial charge in [0, 0.05) is 60.9 Å². The fourth-order valence-corrected chi connectivity index (χ4v) is 12.4. The van der Waals surface area contributed by atoms with Gasteiger partial charge in [-0.2, -0.15) is 46.5 Å². The summed E-state index contributed by atoms with van der Waals surface area (Å²) in [5.41, 5.74) is -5.45. The Hall–Kier alpha value is -6.44. The van der Waals surface area contributed by atoms with Crippen molar-refractivity contribution < 1.29 is 92.5 Å². The van der Waals surface area contributed by atoms with Gasteiger partial charge in [0.2, 0.25) is 17.7 Å². The second kappa shape index (κ2) is 27.8. The summed E-state index contributed by atoms with van der Waals surface area (Å²) in [5, 5.41) is 52.7. The van der Waals surface area contributed by atoms with Crippen LogP contribution in [-0.2, 0) is 66.6 Å². The number of alkyl halides is 6. The number of aliphatic hydroxyl groups is 2. The van der Waals surface area contributed by atoms with Crippen LogP contribution in [0.15, 0.2) is 65.7 Å². The minimum absolute atomic E-state index is 0.0285. The number of fused-ring (bicyclic) bond motifs is 1. The molecular formula is C52H62F6N8O14S2. The van der Waals surface area contributed by atoms with Crippen LogP contribution in [0.5, 0.6) is 0 Å². The molecule has 22 nitrogen and oxygen atoms in total. The van der Waals surface area contributed by atoms with Gasteiger partial charge in [-0.25, -0.2) is 9.48 Å². The van der Waals surface area contributed by atoms with Crippen molar-refractivity contribution in [3.8, 4) is 11.3 Å². The zero-order chi connectivity index (χ0) is 59.5. The van der Waals surface area contributed by atoms with E-state index in [1.807, 2.05) is 0 Å². The molecule has 3 aromatic rings. The molecule has 4 heterocycles. The maximum absolute atomic E-state index is 14.6. The molecule has 8 N–H and O–H groups in total. The van der Waals surface area contributed by atoms with Gasteiger partial charge in [0.1, 0.15) is 42.4 Å². The van der Waals surface area contributed by atoms with Crippen LogP contribution in [0.2, 0.25) is 0 Å². The number of aryl methyl sites for hydroxylation is 1. The number of thioether (sulfide) groups is 1. The number of halogens is 6. The number of nitrogens with one attached hydrogen (secondary N) is 5. The van der Waals surface area contributed by atoms with E-state index in [-0.39, 0.29) is 97.7 Å². The second-order valence-electron chi connectivity index (χ2n) is 20.1. The number of ether oxygens (including phenoxy) is 2. The van der Waals surface area contributed by atoms with Gasteiger partial charge in [0.25, 0.3) is 10.1 Å². The van der Waals surface area contributed by atoms with E-state index in [0.717, 1.165) is 28.6 Å². The molecule has 5 amide bonds. The molecular weight excluding hydrogens is 1140 g/mol. The maximum Gasteiger partial charge on any atom is 0.417 e. The molecule has 7 rings (SSSR count). The summed E-state index contributed by atoms with van der Waals surface area (Å²) in [7, 11) is -4.45. The van der Waals surface area contributed by atoms with E-state index in [4.69, 9.17) is 13.7 Å². The normalized spacial score (nSPS) is 24.8. The van der Waals surface area contributed by atoms with E-state index < -0.39 is 118 Å². The van der Waals surface area contributed by atoms with Crippen LogP contribution >= 0.6 is 11.8 Å². The lowest BCUT2D eigenvalue weighted by molar-refractivity contribution is -0.267. The molecule has 0 bridgehead atoms. The minimum Gasteiger partial charge on any atom is -0.481 e. The summed E-state index contributed by atoms with van der Waals surface area (Å²) in [5.74, 6) is -3.62. The molecule has 0 radical (unpaired) electrons. The Balaban J connectivity index is 0.981. The van der Waals surface area contributed by atoms with Gasteiger partial charge in [-0.1, -0.05) is 41.5 Å². The lowest BCUT2D eigenvalue weighted by Gasteiger charge is -2.42. The third-order valence-electron chi connectivity index (χ3n) is 14.2. The number of benzene rings is 2. The quantitative estimate of drug-likeness (QED) is 0.0141. The van der Waals surface area contributed by atoms with E-state index in [0.29, 0.717) is 43.5 Å². The zero-order valence-corrected chi connectivity index (χ0v) is 45.6. The predicted octanol–water partition coefficient (Wildman–Crippen LogP) is 4.02. The molecule has 3 saturated heterocycles. The molecule has 4 aliphatic rings. The number of carboxylic acid groups (broad SMARTS) is 1. The summed E-state index contributed by atoms with van der Waals surface area (Å²) >= 11 is 1.74. The molecule has 1 aliphatic carbocycles. The van der Waals surface area contributed by atoms with Crippen LogP contribution in [0, 0.1) is 18.8 Å². The minimum atomic E-state index is -5.41. The first-order valence-corrected chi connectivity index (χ1v) is 28.7. The highest BCUT2D eigenvalue weighted by Crippen LogP contribution is 2.43. The molecule has 1 aromatic heterocycles. The van der Waals surface area contributed by atoms with Crippen LogP contribution in [0.3, 0.4) is 0 Å². The summed E-state index contributed by atoms with van der Waals surface area (Å²) in [6, 6.07) is 4.56. The number of carbonyl (C=O) groups is 6. The molecule has 30 heteroatoms. The number of ketones is 1. The number of rotatable bonds is 26. The monoisotopic (exact) mass is 1200 g/mol. The molecule has 82 heavy (non-hydrogen) atoms. The van der Waals surface area contributed by atoms with Crippen LogP contribution in [0.25, 0.3) is 17.3 Å². The van der Waals surface area contributed by atoms with E-state index in [9.17, 15) is 78.8 Å². The van der Waals surface area contributed by atoms with Gasteiger partial charge in [-0.3, -0.25) is 28.2 Å². The van der Waals surface area contributed by atoms with E-state index in [1.54, 1.807) is 30.8 Å². The maximum atomic E-state index is 14.6. The number of hydrogen-bond donors (Lipinski definition) is 8. The van der Waals surface area contributed by atoms with Gasteiger partial charge >= 0.3 is 24.4 Å². The second-order valence-corrected chi connectivity index (χ2v) is 23.0. The van der Waals surface area contributed by atoms with Gasteiger partial charge in [0.15, 0.2) is 6.29 Å². The molecule has 4 fully saturated rings. The van der Waals surface area contributed by atoms with Crippen molar-refractivity contribution in [3.05, 3.63) is 83.1 Å².